The fourth-order valence-corrected chi connectivity index (χ4v) is 4.23. The lowest BCUT2D eigenvalue weighted by atomic mass is 10.1. The molecule has 0 saturated carbocycles. The minimum Gasteiger partial charge on any atom is -0.495 e. The van der Waals surface area contributed by atoms with Crippen molar-refractivity contribution in [3.8, 4) is 16.2 Å². The molecule has 0 amide bonds. The fraction of sp³-hybridized carbons (Fsp3) is 0.176. The zero-order chi connectivity index (χ0) is 16.8. The first-order chi connectivity index (χ1) is 11.6. The number of rotatable bonds is 3. The van der Waals surface area contributed by atoms with Gasteiger partial charge in [-0.25, -0.2) is 9.50 Å². The van der Waals surface area contributed by atoms with E-state index in [1.54, 1.807) is 29.2 Å². The quantitative estimate of drug-likeness (QED) is 0.599. The summed E-state index contributed by atoms with van der Waals surface area (Å²) in [5.41, 5.74) is 9.55. The minimum atomic E-state index is -0.0947. The Kier molecular flexibility index (Phi) is 3.40. The summed E-state index contributed by atoms with van der Waals surface area (Å²) in [6, 6.07) is 6.23. The van der Waals surface area contributed by atoms with Crippen molar-refractivity contribution in [3.63, 3.8) is 0 Å². The molecule has 0 unspecified atom stereocenters. The maximum atomic E-state index is 9.77. The van der Waals surface area contributed by atoms with Crippen LogP contribution in [0.25, 0.3) is 26.0 Å². The number of nitrogens with zero attached hydrogens (tertiary/aromatic N) is 3. The molecule has 3 N–H and O–H groups in total. The molecule has 7 heteroatoms. The molecule has 0 spiro atoms. The first kappa shape index (κ1) is 14.9. The first-order valence-electron chi connectivity index (χ1n) is 7.42. The predicted octanol–water partition coefficient (Wildman–Crippen LogP) is 3.00. The standard InChI is InChI=1S/C17H16N4O2S/c1-9-3-10-5-13(24-16(10)12(4-9)23-2)14-11(7-22)6-21-15(14)17(18)19-8-20-21/h3-6,8,22H,7H2,1-2H3,(H2,18,19,20). The number of thiophene rings is 1. The molecule has 0 aliphatic rings. The van der Waals surface area contributed by atoms with Crippen LogP contribution in [0, 0.1) is 6.92 Å². The highest BCUT2D eigenvalue weighted by Crippen LogP contribution is 2.43. The molecule has 0 aliphatic carbocycles. The molecule has 0 bridgehead atoms. The van der Waals surface area contributed by atoms with E-state index in [9.17, 15) is 5.11 Å². The van der Waals surface area contributed by atoms with Gasteiger partial charge in [0.15, 0.2) is 5.82 Å². The number of hydrogen-bond acceptors (Lipinski definition) is 6. The van der Waals surface area contributed by atoms with Crippen molar-refractivity contribution >= 4 is 32.8 Å². The van der Waals surface area contributed by atoms with E-state index in [1.807, 2.05) is 13.0 Å². The van der Waals surface area contributed by atoms with Gasteiger partial charge in [0.25, 0.3) is 0 Å². The van der Waals surface area contributed by atoms with Gasteiger partial charge in [0.1, 0.15) is 17.6 Å². The molecule has 0 fully saturated rings. The van der Waals surface area contributed by atoms with Crippen molar-refractivity contribution in [2.24, 2.45) is 0 Å². The van der Waals surface area contributed by atoms with Gasteiger partial charge in [-0.15, -0.1) is 11.3 Å². The highest BCUT2D eigenvalue weighted by atomic mass is 32.1. The third kappa shape index (κ3) is 2.13. The van der Waals surface area contributed by atoms with Crippen molar-refractivity contribution < 1.29 is 9.84 Å². The molecule has 0 atom stereocenters. The molecule has 4 rings (SSSR count). The summed E-state index contributed by atoms with van der Waals surface area (Å²) < 4.78 is 8.24. The smallest absolute Gasteiger partial charge is 0.152 e. The summed E-state index contributed by atoms with van der Waals surface area (Å²) in [7, 11) is 1.67. The van der Waals surface area contributed by atoms with Gasteiger partial charge < -0.3 is 15.6 Å². The summed E-state index contributed by atoms with van der Waals surface area (Å²) in [6.07, 6.45) is 3.19. The van der Waals surface area contributed by atoms with Crippen LogP contribution < -0.4 is 10.5 Å². The van der Waals surface area contributed by atoms with Gasteiger partial charge in [0.2, 0.25) is 0 Å². The van der Waals surface area contributed by atoms with Crippen LogP contribution in [0.5, 0.6) is 5.75 Å². The van der Waals surface area contributed by atoms with E-state index in [1.165, 1.54) is 6.33 Å². The SMILES string of the molecule is COc1cc(C)cc2cc(-c3c(CO)cn4ncnc(N)c34)sc12. The number of aryl methyl sites for hydroxylation is 1. The van der Waals surface area contributed by atoms with Crippen molar-refractivity contribution in [3.05, 3.63) is 41.9 Å². The van der Waals surface area contributed by atoms with E-state index < -0.39 is 0 Å². The lowest BCUT2D eigenvalue weighted by Crippen LogP contribution is -1.98. The van der Waals surface area contributed by atoms with Gasteiger partial charge in [0, 0.05) is 22.2 Å². The molecular formula is C17H16N4O2S. The van der Waals surface area contributed by atoms with E-state index in [4.69, 9.17) is 10.5 Å². The van der Waals surface area contributed by atoms with Crippen LogP contribution in [0.1, 0.15) is 11.1 Å². The number of aliphatic hydroxyl groups is 1. The van der Waals surface area contributed by atoms with Crippen LogP contribution in [-0.4, -0.2) is 26.8 Å². The first-order valence-corrected chi connectivity index (χ1v) is 8.24. The van der Waals surface area contributed by atoms with Gasteiger partial charge in [-0.05, 0) is 30.0 Å². The maximum Gasteiger partial charge on any atom is 0.152 e. The van der Waals surface area contributed by atoms with Gasteiger partial charge in [-0.2, -0.15) is 5.10 Å². The van der Waals surface area contributed by atoms with Crippen LogP contribution in [0.2, 0.25) is 0 Å². The summed E-state index contributed by atoms with van der Waals surface area (Å²) in [6.45, 7) is 1.95. The number of anilines is 1. The monoisotopic (exact) mass is 340 g/mol. The Bertz CT molecular complexity index is 1070. The van der Waals surface area contributed by atoms with Gasteiger partial charge >= 0.3 is 0 Å². The molecule has 0 radical (unpaired) electrons. The molecule has 3 aromatic heterocycles. The van der Waals surface area contributed by atoms with E-state index >= 15 is 0 Å². The second kappa shape index (κ2) is 5.47. The third-order valence-electron chi connectivity index (χ3n) is 4.04. The number of hydrogen-bond donors (Lipinski definition) is 2. The predicted molar refractivity (Wildman–Crippen MR) is 95.4 cm³/mol. The Balaban J connectivity index is 2.06. The molecule has 3 heterocycles. The van der Waals surface area contributed by atoms with E-state index in [0.717, 1.165) is 37.4 Å². The average Bonchev–Trinajstić information content (AvgIpc) is 3.15. The topological polar surface area (TPSA) is 85.7 Å². The molecular weight excluding hydrogens is 324 g/mol. The van der Waals surface area contributed by atoms with Crippen LogP contribution >= 0.6 is 11.3 Å². The van der Waals surface area contributed by atoms with Crippen molar-refractivity contribution in [2.45, 2.75) is 13.5 Å². The summed E-state index contributed by atoms with van der Waals surface area (Å²) >= 11 is 1.61. The Morgan fingerprint density at radius 3 is 2.92 bits per heavy atom. The van der Waals surface area contributed by atoms with Crippen LogP contribution in [0.15, 0.2) is 30.7 Å². The van der Waals surface area contributed by atoms with Crippen LogP contribution in [0.3, 0.4) is 0 Å². The van der Waals surface area contributed by atoms with Crippen LogP contribution in [-0.2, 0) is 6.61 Å². The second-order valence-corrected chi connectivity index (χ2v) is 6.67. The fourth-order valence-electron chi connectivity index (χ4n) is 3.02. The molecule has 0 saturated heterocycles. The van der Waals surface area contributed by atoms with Crippen molar-refractivity contribution in [2.75, 3.05) is 12.8 Å². The number of fused-ring (bicyclic) bond motifs is 2. The Morgan fingerprint density at radius 2 is 2.17 bits per heavy atom. The third-order valence-corrected chi connectivity index (χ3v) is 5.23. The number of aromatic nitrogens is 3. The lowest BCUT2D eigenvalue weighted by molar-refractivity contribution is 0.282. The summed E-state index contributed by atoms with van der Waals surface area (Å²) in [4.78, 5) is 5.09. The summed E-state index contributed by atoms with van der Waals surface area (Å²) in [5, 5.41) is 15.1. The van der Waals surface area contributed by atoms with E-state index in [0.29, 0.717) is 11.3 Å². The Morgan fingerprint density at radius 1 is 1.33 bits per heavy atom. The normalized spacial score (nSPS) is 11.5. The number of methoxy groups -OCH3 is 1. The number of aliphatic hydroxyl groups excluding tert-OH is 1. The number of benzene rings is 1. The van der Waals surface area contributed by atoms with E-state index in [2.05, 4.69) is 22.2 Å². The number of ether oxygens (including phenoxy) is 1. The van der Waals surface area contributed by atoms with Crippen molar-refractivity contribution in [1.29, 1.82) is 0 Å². The number of nitrogens with two attached hydrogens (primary N) is 1. The summed E-state index contributed by atoms with van der Waals surface area (Å²) in [5.74, 6) is 1.24. The average molecular weight is 340 g/mol. The lowest BCUT2D eigenvalue weighted by Gasteiger charge is -2.02. The molecule has 122 valence electrons. The zero-order valence-electron chi connectivity index (χ0n) is 13.3. The van der Waals surface area contributed by atoms with Crippen LogP contribution in [0.4, 0.5) is 5.82 Å². The van der Waals surface area contributed by atoms with Gasteiger partial charge in [-0.3, -0.25) is 0 Å². The zero-order valence-corrected chi connectivity index (χ0v) is 14.1. The highest BCUT2D eigenvalue weighted by molar-refractivity contribution is 7.22. The molecule has 24 heavy (non-hydrogen) atoms. The minimum absolute atomic E-state index is 0.0947. The molecule has 1 aromatic carbocycles. The van der Waals surface area contributed by atoms with E-state index in [-0.39, 0.29) is 6.61 Å². The Hall–Kier alpha value is -2.64. The number of nitrogen functional groups attached to an aromatic ring is 1. The van der Waals surface area contributed by atoms with Gasteiger partial charge in [0.05, 0.1) is 18.4 Å². The Labute approximate surface area is 142 Å². The second-order valence-electron chi connectivity index (χ2n) is 5.62. The molecule has 6 nitrogen and oxygen atoms in total. The molecule has 4 aromatic rings. The van der Waals surface area contributed by atoms with Gasteiger partial charge in [-0.1, -0.05) is 6.07 Å². The largest absolute Gasteiger partial charge is 0.495 e. The highest BCUT2D eigenvalue weighted by Gasteiger charge is 2.19. The van der Waals surface area contributed by atoms with Crippen molar-refractivity contribution in [1.82, 2.24) is 14.6 Å². The maximum absolute atomic E-state index is 9.77. The molecule has 0 aliphatic heterocycles.